The topological polar surface area (TPSA) is 111 Å². The molecular formula is C24H24N4O6. The maximum absolute atomic E-state index is 10.9. The van der Waals surface area contributed by atoms with Crippen LogP contribution in [0.5, 0.6) is 23.0 Å². The first-order chi connectivity index (χ1) is 16.1. The molecule has 0 aliphatic carbocycles. The number of non-ortho nitro benzene ring substituents is 2. The van der Waals surface area contributed by atoms with Crippen LogP contribution in [-0.4, -0.2) is 47.8 Å². The highest BCUT2D eigenvalue weighted by Crippen LogP contribution is 2.24. The quantitative estimate of drug-likeness (QED) is 0.367. The summed E-state index contributed by atoms with van der Waals surface area (Å²) in [5.41, 5.74) is -0.0539. The number of ether oxygens (including phenoxy) is 2. The molecular weight excluding hydrogens is 440 g/mol. The number of nitro benzene ring substituents is 2. The van der Waals surface area contributed by atoms with Crippen molar-refractivity contribution < 1.29 is 19.3 Å². The summed E-state index contributed by atoms with van der Waals surface area (Å²) in [6.45, 7) is 0. The van der Waals surface area contributed by atoms with E-state index in [-0.39, 0.29) is 11.4 Å². The summed E-state index contributed by atoms with van der Waals surface area (Å²) in [6, 6.07) is 15.3. The third-order valence-corrected chi connectivity index (χ3v) is 4.49. The minimum absolute atomic E-state index is 0.0269. The van der Waals surface area contributed by atoms with Crippen molar-refractivity contribution in [1.82, 2.24) is 9.80 Å². The van der Waals surface area contributed by atoms with Gasteiger partial charge < -0.3 is 19.3 Å². The van der Waals surface area contributed by atoms with Crippen LogP contribution in [0.2, 0.25) is 0 Å². The van der Waals surface area contributed by atoms with Crippen LogP contribution in [-0.2, 0) is 0 Å². The van der Waals surface area contributed by atoms with Gasteiger partial charge in [-0.1, -0.05) is 0 Å². The molecule has 10 nitrogen and oxygen atoms in total. The average Bonchev–Trinajstić information content (AvgIpc) is 2.76. The van der Waals surface area contributed by atoms with Crippen molar-refractivity contribution in [3.8, 4) is 23.0 Å². The molecule has 0 aromatic heterocycles. The van der Waals surface area contributed by atoms with Crippen molar-refractivity contribution in [3.63, 3.8) is 0 Å². The molecule has 0 saturated heterocycles. The summed E-state index contributed by atoms with van der Waals surface area (Å²) in [7, 11) is 7.47. The fourth-order valence-electron chi connectivity index (χ4n) is 3.05. The van der Waals surface area contributed by atoms with Crippen molar-refractivity contribution in [2.45, 2.75) is 0 Å². The Hall–Kier alpha value is -4.60. The molecule has 176 valence electrons. The van der Waals surface area contributed by atoms with Crippen LogP contribution in [0.15, 0.2) is 60.7 Å². The van der Waals surface area contributed by atoms with Gasteiger partial charge in [-0.05, 0) is 36.4 Å². The van der Waals surface area contributed by atoms with Gasteiger partial charge in [-0.2, -0.15) is 0 Å². The van der Waals surface area contributed by atoms with Gasteiger partial charge >= 0.3 is 0 Å². The molecule has 0 unspecified atom stereocenters. The van der Waals surface area contributed by atoms with E-state index in [2.05, 4.69) is 0 Å². The first-order valence-electron chi connectivity index (χ1n) is 10.2. The van der Waals surface area contributed by atoms with E-state index in [4.69, 9.17) is 9.47 Å². The van der Waals surface area contributed by atoms with Crippen LogP contribution in [0.3, 0.4) is 0 Å². The first-order valence-corrected chi connectivity index (χ1v) is 10.2. The fraction of sp³-hybridized carbons (Fsp3) is 0.167. The molecule has 0 heterocycles. The standard InChI is InChI=1S/C24H24N4O6/c1-25(2)15-17-13-24(34-22-11-7-20(8-12-22)28(31)32)18(16-26(3)4)14-23(17)33-21-9-5-19(6-10-21)27(29)30/h5-16H,1-4H3. The Morgan fingerprint density at radius 3 is 1.24 bits per heavy atom. The number of benzene rings is 3. The van der Waals surface area contributed by atoms with Crippen LogP contribution in [0.1, 0.15) is 0 Å². The normalized spacial score (nSPS) is 11.8. The highest BCUT2D eigenvalue weighted by molar-refractivity contribution is 5.48. The Balaban J connectivity index is 2.07. The first kappa shape index (κ1) is 24.1. The Morgan fingerprint density at radius 2 is 0.971 bits per heavy atom. The number of hydrogen-bond donors (Lipinski definition) is 0. The second kappa shape index (κ2) is 10.3. The van der Waals surface area contributed by atoms with Gasteiger partial charge in [-0.15, -0.1) is 0 Å². The molecule has 34 heavy (non-hydrogen) atoms. The van der Waals surface area contributed by atoms with Crippen molar-refractivity contribution in [1.29, 1.82) is 0 Å². The van der Waals surface area contributed by atoms with Gasteiger partial charge in [0.2, 0.25) is 0 Å². The monoisotopic (exact) mass is 464 g/mol. The number of nitrogens with zero attached hydrogens (tertiary/aromatic N) is 4. The number of rotatable bonds is 8. The Bertz CT molecular complexity index is 1200. The summed E-state index contributed by atoms with van der Waals surface area (Å²) in [4.78, 5) is 24.6. The maximum Gasteiger partial charge on any atom is 0.269 e. The van der Waals surface area contributed by atoms with E-state index >= 15 is 0 Å². The van der Waals surface area contributed by atoms with Crippen molar-refractivity contribution in [2.75, 3.05) is 28.2 Å². The van der Waals surface area contributed by atoms with E-state index in [1.165, 1.54) is 48.5 Å². The van der Waals surface area contributed by atoms with E-state index < -0.39 is 9.85 Å². The van der Waals surface area contributed by atoms with Gasteiger partial charge in [0, 0.05) is 75.3 Å². The molecule has 0 amide bonds. The molecule has 0 saturated carbocycles. The SMILES string of the molecule is CN(C)C=c1cc(Oc2ccc([N+](=O)[O-])cc2)c(=CN(C)C)cc1Oc1ccc([N+](=O)[O-])cc1. The van der Waals surface area contributed by atoms with Crippen molar-refractivity contribution in [3.05, 3.63) is 91.3 Å². The molecule has 0 N–H and O–H groups in total. The predicted octanol–water partition coefficient (Wildman–Crippen LogP) is 3.69. The zero-order valence-electron chi connectivity index (χ0n) is 19.2. The lowest BCUT2D eigenvalue weighted by atomic mass is 10.2. The average molecular weight is 464 g/mol. The highest BCUT2D eigenvalue weighted by atomic mass is 16.6. The van der Waals surface area contributed by atoms with Gasteiger partial charge in [-0.25, -0.2) is 0 Å². The molecule has 3 aromatic rings. The minimum Gasteiger partial charge on any atom is -0.457 e. The van der Waals surface area contributed by atoms with Gasteiger partial charge in [0.25, 0.3) is 11.4 Å². The summed E-state index contributed by atoms with van der Waals surface area (Å²) in [5, 5.41) is 23.3. The minimum atomic E-state index is -0.469. The smallest absolute Gasteiger partial charge is 0.269 e. The Labute approximate surface area is 195 Å². The summed E-state index contributed by atoms with van der Waals surface area (Å²) >= 11 is 0. The van der Waals surface area contributed by atoms with Crippen molar-refractivity contribution in [2.24, 2.45) is 0 Å². The lowest BCUT2D eigenvalue weighted by molar-refractivity contribution is -0.385. The highest BCUT2D eigenvalue weighted by Gasteiger charge is 2.11. The molecule has 10 heteroatoms. The molecule has 0 atom stereocenters. The van der Waals surface area contributed by atoms with Gasteiger partial charge in [0.1, 0.15) is 23.0 Å². The summed E-state index contributed by atoms with van der Waals surface area (Å²) in [5.74, 6) is 1.93. The van der Waals surface area contributed by atoms with E-state index in [0.29, 0.717) is 33.4 Å². The molecule has 0 bridgehead atoms. The Morgan fingerprint density at radius 1 is 0.647 bits per heavy atom. The van der Waals surface area contributed by atoms with Crippen LogP contribution in [0.25, 0.3) is 12.4 Å². The lowest BCUT2D eigenvalue weighted by Crippen LogP contribution is -2.20. The molecule has 0 aliphatic rings. The van der Waals surface area contributed by atoms with E-state index in [0.717, 1.165) is 0 Å². The van der Waals surface area contributed by atoms with Crippen LogP contribution in [0.4, 0.5) is 11.4 Å². The third-order valence-electron chi connectivity index (χ3n) is 4.49. The fourth-order valence-corrected chi connectivity index (χ4v) is 3.05. The second-order valence-electron chi connectivity index (χ2n) is 7.82. The van der Waals surface area contributed by atoms with Gasteiger partial charge in [0.15, 0.2) is 0 Å². The van der Waals surface area contributed by atoms with Crippen LogP contribution in [0, 0.1) is 20.2 Å². The molecule has 0 radical (unpaired) electrons. The van der Waals surface area contributed by atoms with Crippen molar-refractivity contribution >= 4 is 23.8 Å². The molecule has 0 aliphatic heterocycles. The predicted molar refractivity (Wildman–Crippen MR) is 128 cm³/mol. The number of hydrogen-bond acceptors (Lipinski definition) is 8. The summed E-state index contributed by atoms with van der Waals surface area (Å²) < 4.78 is 12.1. The second-order valence-corrected chi connectivity index (χ2v) is 7.82. The zero-order chi connectivity index (χ0) is 24.8. The Kier molecular flexibility index (Phi) is 7.32. The molecule has 0 fully saturated rings. The molecule has 0 spiro atoms. The van der Waals surface area contributed by atoms with E-state index in [9.17, 15) is 20.2 Å². The third kappa shape index (κ3) is 6.22. The maximum atomic E-state index is 10.9. The van der Waals surface area contributed by atoms with Gasteiger partial charge in [-0.3, -0.25) is 20.2 Å². The zero-order valence-corrected chi connectivity index (χ0v) is 19.2. The largest absolute Gasteiger partial charge is 0.457 e. The molecule has 3 aromatic carbocycles. The van der Waals surface area contributed by atoms with E-state index in [1.807, 2.05) is 50.4 Å². The van der Waals surface area contributed by atoms with E-state index in [1.54, 1.807) is 12.1 Å². The summed E-state index contributed by atoms with van der Waals surface area (Å²) in [6.07, 6.45) is 3.70. The number of nitro groups is 2. The lowest BCUT2D eigenvalue weighted by Gasteiger charge is -2.14. The molecule has 3 rings (SSSR count). The van der Waals surface area contributed by atoms with Crippen LogP contribution < -0.4 is 19.9 Å². The van der Waals surface area contributed by atoms with Gasteiger partial charge in [0.05, 0.1) is 9.85 Å². The van der Waals surface area contributed by atoms with Crippen LogP contribution >= 0.6 is 0 Å².